The van der Waals surface area contributed by atoms with Crippen molar-refractivity contribution in [2.75, 3.05) is 11.5 Å². The summed E-state index contributed by atoms with van der Waals surface area (Å²) < 4.78 is -0.549. The Balaban J connectivity index is 1.80. The average Bonchev–Trinajstić information content (AvgIpc) is 2.81. The second-order valence-electron chi connectivity index (χ2n) is 7.07. The van der Waals surface area contributed by atoms with Crippen LogP contribution < -0.4 is 0 Å². The Bertz CT molecular complexity index is 946. The highest BCUT2D eigenvalue weighted by Gasteiger charge is 2.47. The molecule has 0 spiro atoms. The van der Waals surface area contributed by atoms with E-state index in [0.29, 0.717) is 0 Å². The van der Waals surface area contributed by atoms with E-state index >= 15 is 0 Å². The van der Waals surface area contributed by atoms with E-state index in [-0.39, 0.29) is 11.7 Å². The summed E-state index contributed by atoms with van der Waals surface area (Å²) in [6, 6.07) is 30.6. The molecule has 146 valence electrons. The van der Waals surface area contributed by atoms with Gasteiger partial charge in [0.05, 0.1) is 0 Å². The van der Waals surface area contributed by atoms with Crippen LogP contribution in [0.25, 0.3) is 6.08 Å². The lowest BCUT2D eigenvalue weighted by Crippen LogP contribution is -2.40. The Morgan fingerprint density at radius 2 is 1.34 bits per heavy atom. The van der Waals surface area contributed by atoms with Gasteiger partial charge in [0.2, 0.25) is 0 Å². The molecular weight excluding hydrogens is 392 g/mol. The number of thioether (sulfide) groups is 2. The molecule has 0 unspecified atom stereocenters. The third-order valence-corrected chi connectivity index (χ3v) is 8.55. The molecular formula is C26H24OS2. The van der Waals surface area contributed by atoms with Gasteiger partial charge in [0.1, 0.15) is 4.08 Å². The van der Waals surface area contributed by atoms with E-state index in [0.717, 1.165) is 29.1 Å². The monoisotopic (exact) mass is 416 g/mol. The highest BCUT2D eigenvalue weighted by molar-refractivity contribution is 8.20. The molecule has 0 amide bonds. The molecule has 3 aromatic carbocycles. The number of rotatable bonds is 6. The van der Waals surface area contributed by atoms with E-state index in [4.69, 9.17) is 0 Å². The molecule has 0 radical (unpaired) electrons. The number of Topliss-reactive ketones (excluding diaryl/α,β-unsaturated/α-hetero) is 1. The van der Waals surface area contributed by atoms with Crippen molar-refractivity contribution < 1.29 is 4.79 Å². The van der Waals surface area contributed by atoms with Gasteiger partial charge in [-0.2, -0.15) is 0 Å². The van der Waals surface area contributed by atoms with Gasteiger partial charge >= 0.3 is 0 Å². The first-order valence-corrected chi connectivity index (χ1v) is 11.9. The maximum Gasteiger partial charge on any atom is 0.189 e. The van der Waals surface area contributed by atoms with Crippen molar-refractivity contribution in [1.82, 2.24) is 0 Å². The zero-order valence-corrected chi connectivity index (χ0v) is 17.9. The van der Waals surface area contributed by atoms with Crippen LogP contribution in [0.4, 0.5) is 0 Å². The molecule has 3 aromatic rings. The number of hydrogen-bond donors (Lipinski definition) is 0. The maximum absolute atomic E-state index is 13.9. The van der Waals surface area contributed by atoms with Crippen LogP contribution in [-0.2, 0) is 0 Å². The standard InChI is InChI=1S/C26H24OS2/c27-25(23-15-8-3-9-16-23)26(28-19-10-20-29-26)24(22-13-6-2-7-14-22)18-17-21-11-4-1-5-12-21/h1-9,11-18,24H,10,19-20H2/b18-17+/t24-/m0/s1. The van der Waals surface area contributed by atoms with Gasteiger partial charge in [-0.15, -0.1) is 23.5 Å². The molecule has 1 fully saturated rings. The molecule has 3 heteroatoms. The topological polar surface area (TPSA) is 17.1 Å². The van der Waals surface area contributed by atoms with Crippen LogP contribution in [0, 0.1) is 0 Å². The van der Waals surface area contributed by atoms with Crippen LogP contribution in [0.2, 0.25) is 0 Å². The van der Waals surface area contributed by atoms with E-state index in [1.807, 2.05) is 78.1 Å². The fraction of sp³-hybridized carbons (Fsp3) is 0.192. The minimum absolute atomic E-state index is 0.00749. The van der Waals surface area contributed by atoms with Crippen molar-refractivity contribution >= 4 is 35.4 Å². The van der Waals surface area contributed by atoms with Crippen LogP contribution in [0.1, 0.15) is 33.8 Å². The summed E-state index contributed by atoms with van der Waals surface area (Å²) in [5.41, 5.74) is 3.14. The maximum atomic E-state index is 13.9. The van der Waals surface area contributed by atoms with Crippen molar-refractivity contribution in [2.45, 2.75) is 16.4 Å². The first kappa shape index (κ1) is 20.1. The zero-order valence-electron chi connectivity index (χ0n) is 16.2. The molecule has 0 saturated carbocycles. The third kappa shape index (κ3) is 4.52. The van der Waals surface area contributed by atoms with Crippen LogP contribution in [-0.4, -0.2) is 21.4 Å². The van der Waals surface area contributed by atoms with Crippen molar-refractivity contribution in [3.63, 3.8) is 0 Å². The molecule has 0 N–H and O–H groups in total. The van der Waals surface area contributed by atoms with Gasteiger partial charge in [-0.05, 0) is 29.1 Å². The predicted octanol–water partition coefficient (Wildman–Crippen LogP) is 6.93. The molecule has 0 aromatic heterocycles. The minimum atomic E-state index is -0.549. The SMILES string of the molecule is O=C(c1ccccc1)C1([C@@H](/C=C/c2ccccc2)c2ccccc2)SCCCS1. The zero-order chi connectivity index (χ0) is 19.9. The molecule has 1 atom stereocenters. The first-order chi connectivity index (χ1) is 14.3. The molecule has 0 aliphatic carbocycles. The van der Waals surface area contributed by atoms with E-state index < -0.39 is 4.08 Å². The molecule has 1 aliphatic heterocycles. The Morgan fingerprint density at radius 3 is 1.97 bits per heavy atom. The van der Waals surface area contributed by atoms with Gasteiger partial charge < -0.3 is 0 Å². The smallest absolute Gasteiger partial charge is 0.189 e. The number of carbonyl (C=O) groups is 1. The largest absolute Gasteiger partial charge is 0.292 e. The molecule has 1 heterocycles. The van der Waals surface area contributed by atoms with Gasteiger partial charge in [-0.1, -0.05) is 103 Å². The molecule has 1 saturated heterocycles. The third-order valence-electron chi connectivity index (χ3n) is 5.12. The summed E-state index contributed by atoms with van der Waals surface area (Å²) in [6.07, 6.45) is 5.54. The lowest BCUT2D eigenvalue weighted by Gasteiger charge is -2.40. The number of benzene rings is 3. The van der Waals surface area contributed by atoms with Crippen molar-refractivity contribution in [3.05, 3.63) is 114 Å². The summed E-state index contributed by atoms with van der Waals surface area (Å²) in [6.45, 7) is 0. The molecule has 4 rings (SSSR count). The molecule has 0 bridgehead atoms. The van der Waals surface area contributed by atoms with Crippen LogP contribution in [0.3, 0.4) is 0 Å². The quantitative estimate of drug-likeness (QED) is 0.405. The highest BCUT2D eigenvalue weighted by Crippen LogP contribution is 2.53. The normalized spacial score (nSPS) is 17.1. The van der Waals surface area contributed by atoms with Crippen molar-refractivity contribution in [2.24, 2.45) is 0 Å². The van der Waals surface area contributed by atoms with Crippen LogP contribution in [0.15, 0.2) is 97.1 Å². The minimum Gasteiger partial charge on any atom is -0.292 e. The number of hydrogen-bond acceptors (Lipinski definition) is 3. The number of ketones is 1. The van der Waals surface area contributed by atoms with E-state index in [2.05, 4.69) is 48.6 Å². The van der Waals surface area contributed by atoms with Gasteiger partial charge in [0.15, 0.2) is 5.78 Å². The van der Waals surface area contributed by atoms with Crippen molar-refractivity contribution in [3.8, 4) is 0 Å². The van der Waals surface area contributed by atoms with E-state index in [1.165, 1.54) is 5.56 Å². The summed E-state index contributed by atoms with van der Waals surface area (Å²) in [7, 11) is 0. The summed E-state index contributed by atoms with van der Waals surface area (Å²) in [5, 5.41) is 0. The summed E-state index contributed by atoms with van der Waals surface area (Å²) >= 11 is 3.63. The second-order valence-corrected chi connectivity index (χ2v) is 10.0. The Labute approximate surface area is 181 Å². The van der Waals surface area contributed by atoms with Crippen LogP contribution >= 0.6 is 23.5 Å². The Hall–Kier alpha value is -2.23. The molecule has 1 nitrogen and oxygen atoms in total. The first-order valence-electron chi connectivity index (χ1n) is 9.95. The van der Waals surface area contributed by atoms with Gasteiger partial charge in [0.25, 0.3) is 0 Å². The average molecular weight is 417 g/mol. The fourth-order valence-corrected chi connectivity index (χ4v) is 7.17. The second kappa shape index (κ2) is 9.51. The van der Waals surface area contributed by atoms with E-state index in [9.17, 15) is 4.79 Å². The molecule has 29 heavy (non-hydrogen) atoms. The highest BCUT2D eigenvalue weighted by atomic mass is 32.2. The Morgan fingerprint density at radius 1 is 0.793 bits per heavy atom. The van der Waals surface area contributed by atoms with Crippen molar-refractivity contribution in [1.29, 1.82) is 0 Å². The summed E-state index contributed by atoms with van der Waals surface area (Å²) in [4.78, 5) is 13.9. The number of allylic oxidation sites excluding steroid dienone is 1. The van der Waals surface area contributed by atoms with Crippen LogP contribution in [0.5, 0.6) is 0 Å². The number of carbonyl (C=O) groups excluding carboxylic acids is 1. The lowest BCUT2D eigenvalue weighted by atomic mass is 9.89. The van der Waals surface area contributed by atoms with E-state index in [1.54, 1.807) is 0 Å². The summed E-state index contributed by atoms with van der Waals surface area (Å²) in [5.74, 6) is 2.23. The molecule has 1 aliphatic rings. The fourth-order valence-electron chi connectivity index (χ4n) is 3.68. The van der Waals surface area contributed by atoms with Gasteiger partial charge in [-0.25, -0.2) is 0 Å². The Kier molecular flexibility index (Phi) is 6.58. The lowest BCUT2D eigenvalue weighted by molar-refractivity contribution is 0.0973. The van der Waals surface area contributed by atoms with Gasteiger partial charge in [0, 0.05) is 11.5 Å². The predicted molar refractivity (Wildman–Crippen MR) is 128 cm³/mol. The van der Waals surface area contributed by atoms with Gasteiger partial charge in [-0.3, -0.25) is 4.79 Å².